The van der Waals surface area contributed by atoms with E-state index in [1.807, 2.05) is 36.5 Å². The fourth-order valence-electron chi connectivity index (χ4n) is 6.41. The molecule has 0 rings (SSSR count). The van der Waals surface area contributed by atoms with Gasteiger partial charge < -0.3 is 14.2 Å². The first kappa shape index (κ1) is 60.6. The van der Waals surface area contributed by atoms with E-state index in [0.29, 0.717) is 12.8 Å². The van der Waals surface area contributed by atoms with Gasteiger partial charge in [0.15, 0.2) is 6.10 Å². The van der Waals surface area contributed by atoms with Crippen LogP contribution in [0.15, 0.2) is 134 Å². The molecule has 6 nitrogen and oxygen atoms in total. The second-order valence-corrected chi connectivity index (χ2v) is 16.4. The molecule has 0 aliphatic heterocycles. The predicted octanol–water partition coefficient (Wildman–Crippen LogP) is 17.1. The van der Waals surface area contributed by atoms with Crippen LogP contribution in [-0.2, 0) is 28.6 Å². The molecule has 0 saturated heterocycles. The zero-order valence-corrected chi connectivity index (χ0v) is 41.4. The number of carbonyl (C=O) groups is 3. The molecule has 364 valence electrons. The van der Waals surface area contributed by atoms with Gasteiger partial charge in [0, 0.05) is 19.3 Å². The number of ether oxygens (including phenoxy) is 3. The maximum atomic E-state index is 12.8. The van der Waals surface area contributed by atoms with Crippen LogP contribution in [0.5, 0.6) is 0 Å². The molecule has 0 heterocycles. The topological polar surface area (TPSA) is 78.9 Å². The Hall–Kier alpha value is -4.45. The Bertz CT molecular complexity index is 1450. The van der Waals surface area contributed by atoms with E-state index in [1.165, 1.54) is 38.5 Å². The van der Waals surface area contributed by atoms with Gasteiger partial charge >= 0.3 is 17.9 Å². The minimum absolute atomic E-state index is 0.124. The van der Waals surface area contributed by atoms with E-state index < -0.39 is 6.10 Å². The zero-order valence-electron chi connectivity index (χ0n) is 41.4. The van der Waals surface area contributed by atoms with Crippen LogP contribution < -0.4 is 0 Å². The van der Waals surface area contributed by atoms with Crippen molar-refractivity contribution in [1.29, 1.82) is 0 Å². The maximum Gasteiger partial charge on any atom is 0.306 e. The Morgan fingerprint density at radius 2 is 0.708 bits per heavy atom. The van der Waals surface area contributed by atoms with E-state index >= 15 is 0 Å². The highest BCUT2D eigenvalue weighted by atomic mass is 16.6. The van der Waals surface area contributed by atoms with Crippen LogP contribution >= 0.6 is 0 Å². The lowest BCUT2D eigenvalue weighted by Crippen LogP contribution is -2.30. The molecule has 0 radical (unpaired) electrons. The third kappa shape index (κ3) is 50.4. The molecule has 0 spiro atoms. The summed E-state index contributed by atoms with van der Waals surface area (Å²) in [6.07, 6.45) is 73.0. The minimum Gasteiger partial charge on any atom is -0.462 e. The van der Waals surface area contributed by atoms with E-state index in [9.17, 15) is 14.4 Å². The zero-order chi connectivity index (χ0) is 47.2. The summed E-state index contributed by atoms with van der Waals surface area (Å²) in [4.78, 5) is 37.9. The van der Waals surface area contributed by atoms with Gasteiger partial charge in [0.05, 0.1) is 0 Å². The fourth-order valence-corrected chi connectivity index (χ4v) is 6.41. The maximum absolute atomic E-state index is 12.8. The first-order chi connectivity index (χ1) is 32.0. The molecule has 0 saturated carbocycles. The van der Waals surface area contributed by atoms with Gasteiger partial charge in [0.1, 0.15) is 13.2 Å². The molecule has 1 unspecified atom stereocenters. The number of hydrogen-bond acceptors (Lipinski definition) is 6. The van der Waals surface area contributed by atoms with E-state index in [2.05, 4.69) is 118 Å². The Morgan fingerprint density at radius 1 is 0.338 bits per heavy atom. The number of carbonyl (C=O) groups excluding carboxylic acids is 3. The summed E-state index contributed by atoms with van der Waals surface area (Å²) >= 11 is 0. The van der Waals surface area contributed by atoms with Crippen LogP contribution in [0.4, 0.5) is 0 Å². The van der Waals surface area contributed by atoms with Crippen LogP contribution in [0, 0.1) is 0 Å². The molecule has 6 heteroatoms. The molecule has 0 N–H and O–H groups in total. The number of hydrogen-bond donors (Lipinski definition) is 0. The van der Waals surface area contributed by atoms with Gasteiger partial charge in [-0.3, -0.25) is 14.4 Å². The van der Waals surface area contributed by atoms with Crippen LogP contribution in [0.25, 0.3) is 0 Å². The summed E-state index contributed by atoms with van der Waals surface area (Å²) in [5.74, 6) is -1.06. The Balaban J connectivity index is 4.59. The smallest absolute Gasteiger partial charge is 0.306 e. The lowest BCUT2D eigenvalue weighted by atomic mass is 10.1. The molecule has 1 atom stereocenters. The van der Waals surface area contributed by atoms with Crippen molar-refractivity contribution in [2.45, 2.75) is 207 Å². The summed E-state index contributed by atoms with van der Waals surface area (Å²) in [6, 6.07) is 0. The van der Waals surface area contributed by atoms with Crippen molar-refractivity contribution in [3.05, 3.63) is 134 Å². The molecule has 0 amide bonds. The summed E-state index contributed by atoms with van der Waals surface area (Å²) < 4.78 is 16.7. The van der Waals surface area contributed by atoms with Gasteiger partial charge in [-0.15, -0.1) is 0 Å². The van der Waals surface area contributed by atoms with Crippen LogP contribution in [0.2, 0.25) is 0 Å². The van der Waals surface area contributed by atoms with Crippen molar-refractivity contribution >= 4 is 17.9 Å². The van der Waals surface area contributed by atoms with Gasteiger partial charge in [-0.25, -0.2) is 0 Å². The van der Waals surface area contributed by atoms with Crippen molar-refractivity contribution in [3.63, 3.8) is 0 Å². The molecule has 65 heavy (non-hydrogen) atoms. The summed E-state index contributed by atoms with van der Waals surface area (Å²) in [7, 11) is 0. The van der Waals surface area contributed by atoms with Crippen molar-refractivity contribution in [3.8, 4) is 0 Å². The van der Waals surface area contributed by atoms with Gasteiger partial charge in [0.25, 0.3) is 0 Å². The highest BCUT2D eigenvalue weighted by Crippen LogP contribution is 2.12. The third-order valence-corrected chi connectivity index (χ3v) is 10.2. The molecule has 0 bridgehead atoms. The van der Waals surface area contributed by atoms with Gasteiger partial charge in [0.2, 0.25) is 0 Å². The molecular weight excluding hydrogens is 805 g/mol. The molecule has 0 aliphatic carbocycles. The van der Waals surface area contributed by atoms with Crippen molar-refractivity contribution < 1.29 is 28.6 Å². The highest BCUT2D eigenvalue weighted by molar-refractivity contribution is 5.71. The summed E-state index contributed by atoms with van der Waals surface area (Å²) in [5.41, 5.74) is 0. The molecular formula is C59H92O6. The standard InChI is InChI=1S/C59H92O6/c1-4-7-10-13-16-19-22-25-27-28-29-30-32-34-37-40-43-46-49-52-58(61)64-55-56(54-63-57(60)51-48-45-42-39-36-33-24-21-18-15-12-9-6-3)65-59(62)53-50-47-44-41-38-35-31-26-23-20-17-14-11-8-5-2/h7-8,10-11,14,16-17,19-20,23,25-27,29-31,33-34,36-37,43,46,56H,4-6,9,12-13,15,18,21-22,24,28,32,35,38-42,44-45,47-55H2,1-3H3/b10-7-,11-8-,17-14-,19-16-,23-20-,27-25-,30-29-,31-26-,36-33-,37-34-,46-43-. The Labute approximate surface area is 398 Å². The molecule has 0 fully saturated rings. The van der Waals surface area contributed by atoms with E-state index in [4.69, 9.17) is 14.2 Å². The second-order valence-electron chi connectivity index (χ2n) is 16.4. The SMILES string of the molecule is CC\C=C/C=C\C=C/C=C\CCCCCCCC(=O)OC(COC(=O)CC/C=C\C/C=C\C/C=C\C/C=C\C/C=C\C/C=C\CC)COC(=O)CCCCC/C=C\CCCCCCCC. The average molecular weight is 897 g/mol. The molecule has 0 aromatic rings. The molecule has 0 aromatic carbocycles. The largest absolute Gasteiger partial charge is 0.462 e. The van der Waals surface area contributed by atoms with E-state index in [1.54, 1.807) is 0 Å². The highest BCUT2D eigenvalue weighted by Gasteiger charge is 2.19. The first-order valence-corrected chi connectivity index (χ1v) is 25.7. The first-order valence-electron chi connectivity index (χ1n) is 25.7. The number of rotatable bonds is 44. The monoisotopic (exact) mass is 897 g/mol. The van der Waals surface area contributed by atoms with Crippen LogP contribution in [0.1, 0.15) is 201 Å². The number of unbranched alkanes of at least 4 members (excludes halogenated alkanes) is 14. The van der Waals surface area contributed by atoms with Crippen LogP contribution in [0.3, 0.4) is 0 Å². The Morgan fingerprint density at radius 3 is 1.23 bits per heavy atom. The summed E-state index contributed by atoms with van der Waals surface area (Å²) in [6.45, 7) is 6.25. The molecule has 0 aromatic heterocycles. The van der Waals surface area contributed by atoms with Crippen LogP contribution in [-0.4, -0.2) is 37.2 Å². The quantitative estimate of drug-likeness (QED) is 0.0199. The lowest BCUT2D eigenvalue weighted by Gasteiger charge is -2.18. The lowest BCUT2D eigenvalue weighted by molar-refractivity contribution is -0.166. The van der Waals surface area contributed by atoms with Gasteiger partial charge in [-0.05, 0) is 103 Å². The van der Waals surface area contributed by atoms with Crippen molar-refractivity contribution in [1.82, 2.24) is 0 Å². The minimum atomic E-state index is -0.831. The van der Waals surface area contributed by atoms with Crippen molar-refractivity contribution in [2.24, 2.45) is 0 Å². The van der Waals surface area contributed by atoms with Gasteiger partial charge in [-0.1, -0.05) is 212 Å². The summed E-state index contributed by atoms with van der Waals surface area (Å²) in [5, 5.41) is 0. The van der Waals surface area contributed by atoms with E-state index in [-0.39, 0.29) is 44.0 Å². The third-order valence-electron chi connectivity index (χ3n) is 10.2. The van der Waals surface area contributed by atoms with Gasteiger partial charge in [-0.2, -0.15) is 0 Å². The number of allylic oxidation sites excluding steroid dienone is 22. The average Bonchev–Trinajstić information content (AvgIpc) is 3.30. The Kier molecular flexibility index (Phi) is 48.6. The fraction of sp³-hybridized carbons (Fsp3) is 0.576. The normalized spacial score (nSPS) is 13.2. The predicted molar refractivity (Wildman–Crippen MR) is 279 cm³/mol. The van der Waals surface area contributed by atoms with E-state index in [0.717, 1.165) is 116 Å². The van der Waals surface area contributed by atoms with Crippen molar-refractivity contribution in [2.75, 3.05) is 13.2 Å². The number of esters is 3. The molecule has 0 aliphatic rings. The second kappa shape index (κ2) is 52.2.